The van der Waals surface area contributed by atoms with Crippen molar-refractivity contribution in [2.24, 2.45) is 0 Å². The van der Waals surface area contributed by atoms with Crippen LogP contribution in [0, 0.1) is 6.92 Å². The number of carboxylic acid groups (broad SMARTS) is 1. The van der Waals surface area contributed by atoms with Gasteiger partial charge in [0, 0.05) is 16.2 Å². The molecule has 1 aromatic heterocycles. The van der Waals surface area contributed by atoms with Crippen molar-refractivity contribution in [3.05, 3.63) is 51.2 Å². The molecule has 1 aromatic carbocycles. The van der Waals surface area contributed by atoms with Crippen LogP contribution in [0.3, 0.4) is 0 Å². The average Bonchev–Trinajstić information content (AvgIpc) is 2.31. The zero-order valence-corrected chi connectivity index (χ0v) is 11.8. The van der Waals surface area contributed by atoms with E-state index in [1.807, 2.05) is 25.1 Å². The Morgan fingerprint density at radius 2 is 2.06 bits per heavy atom. The lowest BCUT2D eigenvalue weighted by molar-refractivity contribution is 0.0697. The maximum absolute atomic E-state index is 11.3. The van der Waals surface area contributed by atoms with E-state index in [0.717, 1.165) is 15.6 Å². The van der Waals surface area contributed by atoms with Gasteiger partial charge in [0.15, 0.2) is 0 Å². The summed E-state index contributed by atoms with van der Waals surface area (Å²) in [7, 11) is 0. The van der Waals surface area contributed by atoms with Crippen LogP contribution in [0.25, 0.3) is 11.1 Å². The second kappa shape index (κ2) is 5.08. The van der Waals surface area contributed by atoms with E-state index in [1.54, 1.807) is 6.07 Å². The fraction of sp³-hybridized carbons (Fsp3) is 0.0769. The minimum Gasteiger partial charge on any atom is -0.478 e. The van der Waals surface area contributed by atoms with E-state index in [0.29, 0.717) is 5.56 Å². The number of nitrogens with zero attached hydrogens (tertiary/aromatic N) is 1. The molecule has 0 radical (unpaired) electrons. The first-order chi connectivity index (χ1) is 8.50. The molecule has 0 aliphatic heterocycles. The summed E-state index contributed by atoms with van der Waals surface area (Å²) in [6.07, 6.45) is 1.50. The third-order valence-electron chi connectivity index (χ3n) is 2.61. The normalized spacial score (nSPS) is 10.4. The van der Waals surface area contributed by atoms with Gasteiger partial charge in [0.1, 0.15) is 10.7 Å². The first-order valence-corrected chi connectivity index (χ1v) is 6.32. The third-order valence-corrected chi connectivity index (χ3v) is 3.39. The van der Waals surface area contributed by atoms with Gasteiger partial charge in [0.05, 0.1) is 0 Å². The highest BCUT2D eigenvalue weighted by molar-refractivity contribution is 9.10. The lowest BCUT2D eigenvalue weighted by Gasteiger charge is -2.10. The Morgan fingerprint density at radius 1 is 1.33 bits per heavy atom. The molecule has 2 aromatic rings. The lowest BCUT2D eigenvalue weighted by Crippen LogP contribution is -2.02. The van der Waals surface area contributed by atoms with Gasteiger partial charge in [0.2, 0.25) is 0 Å². The number of hydrogen-bond donors (Lipinski definition) is 1. The highest BCUT2D eigenvalue weighted by Crippen LogP contribution is 2.31. The van der Waals surface area contributed by atoms with Crippen LogP contribution in [0.15, 0.2) is 34.9 Å². The third kappa shape index (κ3) is 2.40. The van der Waals surface area contributed by atoms with Crippen LogP contribution in [-0.4, -0.2) is 16.1 Å². The van der Waals surface area contributed by atoms with Gasteiger partial charge < -0.3 is 5.11 Å². The molecule has 0 aliphatic rings. The quantitative estimate of drug-likeness (QED) is 0.843. The van der Waals surface area contributed by atoms with Crippen LogP contribution in [0.4, 0.5) is 0 Å². The number of pyridine rings is 1. The molecule has 0 spiro atoms. The van der Waals surface area contributed by atoms with Crippen molar-refractivity contribution in [3.63, 3.8) is 0 Å². The van der Waals surface area contributed by atoms with E-state index in [4.69, 9.17) is 11.6 Å². The zero-order chi connectivity index (χ0) is 13.3. The monoisotopic (exact) mass is 325 g/mol. The lowest BCUT2D eigenvalue weighted by atomic mass is 9.98. The molecular weight excluding hydrogens is 318 g/mol. The highest BCUT2D eigenvalue weighted by atomic mass is 79.9. The molecule has 92 valence electrons. The Balaban J connectivity index is 2.75. The summed E-state index contributed by atoms with van der Waals surface area (Å²) in [6.45, 7) is 1.92. The van der Waals surface area contributed by atoms with Crippen molar-refractivity contribution >= 4 is 33.5 Å². The highest BCUT2D eigenvalue weighted by Gasteiger charge is 2.17. The summed E-state index contributed by atoms with van der Waals surface area (Å²) < 4.78 is 0.882. The van der Waals surface area contributed by atoms with Gasteiger partial charge in [-0.25, -0.2) is 9.78 Å². The van der Waals surface area contributed by atoms with Crippen molar-refractivity contribution in [1.82, 2.24) is 4.98 Å². The van der Waals surface area contributed by atoms with E-state index in [2.05, 4.69) is 20.9 Å². The van der Waals surface area contributed by atoms with E-state index < -0.39 is 5.97 Å². The summed E-state index contributed by atoms with van der Waals surface area (Å²) in [5.41, 5.74) is 2.40. The molecule has 0 bridgehead atoms. The summed E-state index contributed by atoms with van der Waals surface area (Å²) in [5.74, 6) is -1.08. The molecule has 0 atom stereocenters. The molecule has 0 saturated heterocycles. The van der Waals surface area contributed by atoms with Gasteiger partial charge in [-0.3, -0.25) is 0 Å². The van der Waals surface area contributed by atoms with Crippen molar-refractivity contribution < 1.29 is 9.90 Å². The average molecular weight is 327 g/mol. The fourth-order valence-electron chi connectivity index (χ4n) is 1.75. The maximum Gasteiger partial charge on any atom is 0.339 e. The number of carboxylic acids is 1. The number of hydrogen-bond acceptors (Lipinski definition) is 2. The summed E-state index contributed by atoms with van der Waals surface area (Å²) in [4.78, 5) is 15.1. The summed E-state index contributed by atoms with van der Waals surface area (Å²) in [5, 5.41) is 9.23. The molecular formula is C13H9BrClNO2. The molecule has 0 saturated carbocycles. The smallest absolute Gasteiger partial charge is 0.339 e. The number of carbonyl (C=O) groups is 1. The van der Waals surface area contributed by atoms with E-state index >= 15 is 0 Å². The van der Waals surface area contributed by atoms with Crippen molar-refractivity contribution in [2.75, 3.05) is 0 Å². The van der Waals surface area contributed by atoms with Gasteiger partial charge in [0.25, 0.3) is 0 Å². The van der Waals surface area contributed by atoms with Gasteiger partial charge in [-0.05, 0) is 36.2 Å². The molecule has 1 N–H and O–H groups in total. The zero-order valence-electron chi connectivity index (χ0n) is 9.45. The largest absolute Gasteiger partial charge is 0.478 e. The predicted octanol–water partition coefficient (Wildman–Crippen LogP) is 4.17. The number of aryl methyl sites for hydroxylation is 1. The van der Waals surface area contributed by atoms with Gasteiger partial charge >= 0.3 is 5.97 Å². The van der Waals surface area contributed by atoms with Crippen molar-refractivity contribution in [1.29, 1.82) is 0 Å². The number of benzene rings is 1. The van der Waals surface area contributed by atoms with Crippen LogP contribution in [-0.2, 0) is 0 Å². The second-order valence-corrected chi connectivity index (χ2v) is 5.06. The Morgan fingerprint density at radius 3 is 2.72 bits per heavy atom. The topological polar surface area (TPSA) is 50.2 Å². The molecule has 0 amide bonds. The predicted molar refractivity (Wildman–Crippen MR) is 74.1 cm³/mol. The number of halogens is 2. The van der Waals surface area contributed by atoms with Crippen LogP contribution >= 0.6 is 27.5 Å². The van der Waals surface area contributed by atoms with Crippen molar-refractivity contribution in [2.45, 2.75) is 6.92 Å². The SMILES string of the molecule is Cc1ccc(Br)cc1-c1ccnc(Cl)c1C(=O)O. The minimum atomic E-state index is -1.08. The minimum absolute atomic E-state index is 0.000578. The number of aromatic carboxylic acids is 1. The van der Waals surface area contributed by atoms with Gasteiger partial charge in [-0.15, -0.1) is 0 Å². The molecule has 2 rings (SSSR count). The van der Waals surface area contributed by atoms with Gasteiger partial charge in [-0.2, -0.15) is 0 Å². The van der Waals surface area contributed by atoms with Crippen LogP contribution in [0.5, 0.6) is 0 Å². The molecule has 1 heterocycles. The molecule has 5 heteroatoms. The van der Waals surface area contributed by atoms with Crippen LogP contribution < -0.4 is 0 Å². The fourth-order valence-corrected chi connectivity index (χ4v) is 2.35. The Labute approximate surface area is 118 Å². The second-order valence-electron chi connectivity index (χ2n) is 3.79. The standard InChI is InChI=1S/C13H9BrClNO2/c1-7-2-3-8(14)6-10(7)9-4-5-16-12(15)11(9)13(17)18/h2-6H,1H3,(H,17,18). The first kappa shape index (κ1) is 13.1. The van der Waals surface area contributed by atoms with E-state index in [1.165, 1.54) is 6.20 Å². The molecule has 0 aliphatic carbocycles. The van der Waals surface area contributed by atoms with Crippen molar-refractivity contribution in [3.8, 4) is 11.1 Å². The Hall–Kier alpha value is -1.39. The van der Waals surface area contributed by atoms with Crippen LogP contribution in [0.2, 0.25) is 5.15 Å². The molecule has 18 heavy (non-hydrogen) atoms. The van der Waals surface area contributed by atoms with Gasteiger partial charge in [-0.1, -0.05) is 33.6 Å². The summed E-state index contributed by atoms with van der Waals surface area (Å²) >= 11 is 9.24. The number of rotatable bonds is 2. The molecule has 0 fully saturated rings. The Bertz CT molecular complexity index is 628. The van der Waals surface area contributed by atoms with E-state index in [9.17, 15) is 9.90 Å². The first-order valence-electron chi connectivity index (χ1n) is 5.15. The number of aromatic nitrogens is 1. The molecule has 3 nitrogen and oxygen atoms in total. The summed E-state index contributed by atoms with van der Waals surface area (Å²) in [6, 6.07) is 7.35. The maximum atomic E-state index is 11.3. The Kier molecular flexibility index (Phi) is 3.68. The van der Waals surface area contributed by atoms with E-state index in [-0.39, 0.29) is 10.7 Å². The molecule has 0 unspecified atom stereocenters. The van der Waals surface area contributed by atoms with Crippen LogP contribution in [0.1, 0.15) is 15.9 Å².